The van der Waals surface area contributed by atoms with Crippen LogP contribution in [-0.4, -0.2) is 23.1 Å². The summed E-state index contributed by atoms with van der Waals surface area (Å²) in [5.74, 6) is 0. The van der Waals surface area contributed by atoms with E-state index in [1.54, 1.807) is 18.2 Å². The second kappa shape index (κ2) is 4.37. The molecule has 1 aromatic rings. The molecule has 0 aromatic heterocycles. The van der Waals surface area contributed by atoms with Gasteiger partial charge in [-0.1, -0.05) is 12.1 Å². The molecule has 0 bridgehead atoms. The molecule has 0 unspecified atom stereocenters. The van der Waals surface area contributed by atoms with Crippen molar-refractivity contribution in [1.29, 1.82) is 0 Å². The first-order chi connectivity index (χ1) is 7.27. The monoisotopic (exact) mass is 208 g/mol. The number of nitro groups is 1. The van der Waals surface area contributed by atoms with Gasteiger partial charge in [0.2, 0.25) is 0 Å². The number of nitro benzene ring substituents is 1. The van der Waals surface area contributed by atoms with Gasteiger partial charge in [0.1, 0.15) is 6.61 Å². The second-order valence-electron chi connectivity index (χ2n) is 3.44. The van der Waals surface area contributed by atoms with Crippen LogP contribution in [0.15, 0.2) is 24.3 Å². The maximum absolute atomic E-state index is 10.7. The van der Waals surface area contributed by atoms with Gasteiger partial charge in [-0.05, 0) is 12.5 Å². The Kier molecular flexibility index (Phi) is 2.94. The van der Waals surface area contributed by atoms with E-state index in [9.17, 15) is 10.1 Å². The number of hydrogen-bond acceptors (Lipinski definition) is 4. The molecular formula is C10H12N2O3. The van der Waals surface area contributed by atoms with Crippen molar-refractivity contribution in [1.82, 2.24) is 5.06 Å². The molecule has 5 heteroatoms. The number of hydrogen-bond donors (Lipinski definition) is 0. The van der Waals surface area contributed by atoms with E-state index >= 15 is 0 Å². The number of rotatable bonds is 4. The molecule has 0 saturated carbocycles. The third kappa shape index (κ3) is 2.31. The van der Waals surface area contributed by atoms with Crippen LogP contribution >= 0.6 is 0 Å². The van der Waals surface area contributed by atoms with Crippen molar-refractivity contribution >= 4 is 5.69 Å². The molecule has 1 saturated heterocycles. The van der Waals surface area contributed by atoms with Crippen LogP contribution in [0.5, 0.6) is 0 Å². The number of nitrogens with zero attached hydrogens (tertiary/aromatic N) is 2. The molecule has 15 heavy (non-hydrogen) atoms. The van der Waals surface area contributed by atoms with Crippen LogP contribution in [0.2, 0.25) is 0 Å². The minimum atomic E-state index is -0.380. The number of benzene rings is 1. The van der Waals surface area contributed by atoms with Gasteiger partial charge in [0.05, 0.1) is 10.5 Å². The van der Waals surface area contributed by atoms with Gasteiger partial charge in [0, 0.05) is 19.2 Å². The highest BCUT2D eigenvalue weighted by atomic mass is 16.7. The number of para-hydroxylation sites is 1. The predicted octanol–water partition coefficient (Wildman–Crippen LogP) is 1.73. The molecule has 0 atom stereocenters. The lowest BCUT2D eigenvalue weighted by atomic mass is 10.2. The topological polar surface area (TPSA) is 55.6 Å². The molecular weight excluding hydrogens is 196 g/mol. The SMILES string of the molecule is O=[N+]([O-])c1ccccc1CON1CCC1. The average molecular weight is 208 g/mol. The van der Waals surface area contributed by atoms with Crippen LogP contribution in [0.1, 0.15) is 12.0 Å². The lowest BCUT2D eigenvalue weighted by Gasteiger charge is -2.29. The summed E-state index contributed by atoms with van der Waals surface area (Å²) in [6.07, 6.45) is 1.14. The van der Waals surface area contributed by atoms with E-state index in [4.69, 9.17) is 4.84 Å². The van der Waals surface area contributed by atoms with Crippen molar-refractivity contribution in [3.63, 3.8) is 0 Å². The van der Waals surface area contributed by atoms with Crippen molar-refractivity contribution in [2.75, 3.05) is 13.1 Å². The van der Waals surface area contributed by atoms with Gasteiger partial charge in [-0.15, -0.1) is 0 Å². The maximum Gasteiger partial charge on any atom is 0.274 e. The highest BCUT2D eigenvalue weighted by Crippen LogP contribution is 2.19. The summed E-state index contributed by atoms with van der Waals surface area (Å²) in [5, 5.41) is 12.5. The van der Waals surface area contributed by atoms with Crippen LogP contribution in [0, 0.1) is 10.1 Å². The average Bonchev–Trinajstić information content (AvgIpc) is 2.16. The first-order valence-corrected chi connectivity index (χ1v) is 4.87. The maximum atomic E-state index is 10.7. The summed E-state index contributed by atoms with van der Waals surface area (Å²) in [6.45, 7) is 2.11. The summed E-state index contributed by atoms with van der Waals surface area (Å²) in [4.78, 5) is 15.7. The standard InChI is InChI=1S/C10H12N2O3/c13-12(14)10-5-2-1-4-9(10)8-15-11-6-3-7-11/h1-2,4-5H,3,6-8H2. The van der Waals surface area contributed by atoms with E-state index in [-0.39, 0.29) is 17.2 Å². The normalized spacial score (nSPS) is 16.0. The fourth-order valence-corrected chi connectivity index (χ4v) is 1.39. The molecule has 1 aliphatic rings. The summed E-state index contributed by atoms with van der Waals surface area (Å²) in [5.41, 5.74) is 0.743. The van der Waals surface area contributed by atoms with Gasteiger partial charge < -0.3 is 0 Å². The zero-order valence-corrected chi connectivity index (χ0v) is 8.26. The van der Waals surface area contributed by atoms with E-state index in [1.807, 2.05) is 5.06 Å². The fourth-order valence-electron chi connectivity index (χ4n) is 1.39. The van der Waals surface area contributed by atoms with Crippen molar-refractivity contribution in [3.05, 3.63) is 39.9 Å². The third-order valence-electron chi connectivity index (χ3n) is 2.41. The van der Waals surface area contributed by atoms with Crippen molar-refractivity contribution < 1.29 is 9.76 Å². The Labute approximate surface area is 87.4 Å². The largest absolute Gasteiger partial charge is 0.294 e. The predicted molar refractivity (Wildman–Crippen MR) is 54.1 cm³/mol. The van der Waals surface area contributed by atoms with E-state index in [2.05, 4.69) is 0 Å². The Morgan fingerprint density at radius 2 is 2.13 bits per heavy atom. The Hall–Kier alpha value is -1.46. The molecule has 1 fully saturated rings. The van der Waals surface area contributed by atoms with Gasteiger partial charge in [-0.2, -0.15) is 5.06 Å². The van der Waals surface area contributed by atoms with E-state index in [0.717, 1.165) is 19.5 Å². The Bertz CT molecular complexity index is 363. The van der Waals surface area contributed by atoms with Crippen LogP contribution < -0.4 is 0 Å². The molecule has 1 heterocycles. The first kappa shape index (κ1) is 10.1. The molecule has 0 aliphatic carbocycles. The first-order valence-electron chi connectivity index (χ1n) is 4.87. The summed E-state index contributed by atoms with van der Waals surface area (Å²) >= 11 is 0. The zero-order valence-electron chi connectivity index (χ0n) is 8.26. The Morgan fingerprint density at radius 1 is 1.40 bits per heavy atom. The Morgan fingerprint density at radius 3 is 2.73 bits per heavy atom. The molecule has 0 spiro atoms. The summed E-state index contributed by atoms with van der Waals surface area (Å²) in [7, 11) is 0. The molecule has 2 rings (SSSR count). The Balaban J connectivity index is 2.02. The molecule has 5 nitrogen and oxygen atoms in total. The quantitative estimate of drug-likeness (QED) is 0.558. The molecule has 1 aromatic carbocycles. The van der Waals surface area contributed by atoms with Crippen molar-refractivity contribution in [3.8, 4) is 0 Å². The van der Waals surface area contributed by atoms with Gasteiger partial charge in [0.15, 0.2) is 0 Å². The fraction of sp³-hybridized carbons (Fsp3) is 0.400. The molecule has 0 N–H and O–H groups in total. The van der Waals surface area contributed by atoms with Crippen molar-refractivity contribution in [2.45, 2.75) is 13.0 Å². The second-order valence-corrected chi connectivity index (χ2v) is 3.44. The van der Waals surface area contributed by atoms with Crippen LogP contribution in [0.3, 0.4) is 0 Å². The molecule has 1 aliphatic heterocycles. The summed E-state index contributed by atoms with van der Waals surface area (Å²) < 4.78 is 0. The lowest BCUT2D eigenvalue weighted by Crippen LogP contribution is -2.36. The smallest absolute Gasteiger partial charge is 0.274 e. The molecule has 0 amide bonds. The van der Waals surface area contributed by atoms with Crippen molar-refractivity contribution in [2.24, 2.45) is 0 Å². The highest BCUT2D eigenvalue weighted by molar-refractivity contribution is 5.39. The highest BCUT2D eigenvalue weighted by Gasteiger charge is 2.17. The van der Waals surface area contributed by atoms with Crippen LogP contribution in [0.25, 0.3) is 0 Å². The molecule has 0 radical (unpaired) electrons. The minimum absolute atomic E-state index is 0.123. The van der Waals surface area contributed by atoms with E-state index in [0.29, 0.717) is 5.56 Å². The van der Waals surface area contributed by atoms with E-state index < -0.39 is 0 Å². The molecule has 80 valence electrons. The minimum Gasteiger partial charge on any atom is -0.294 e. The van der Waals surface area contributed by atoms with Gasteiger partial charge in [-0.25, -0.2) is 0 Å². The number of hydroxylamine groups is 2. The third-order valence-corrected chi connectivity index (χ3v) is 2.41. The van der Waals surface area contributed by atoms with Gasteiger partial charge in [-0.3, -0.25) is 15.0 Å². The van der Waals surface area contributed by atoms with E-state index in [1.165, 1.54) is 6.07 Å². The summed E-state index contributed by atoms with van der Waals surface area (Å²) in [6, 6.07) is 6.65. The zero-order chi connectivity index (χ0) is 10.7. The van der Waals surface area contributed by atoms with Gasteiger partial charge >= 0.3 is 0 Å². The van der Waals surface area contributed by atoms with Gasteiger partial charge in [0.25, 0.3) is 5.69 Å². The van der Waals surface area contributed by atoms with Crippen LogP contribution in [-0.2, 0) is 11.4 Å². The lowest BCUT2D eigenvalue weighted by molar-refractivity contribution is -0.386. The van der Waals surface area contributed by atoms with Crippen LogP contribution in [0.4, 0.5) is 5.69 Å².